The van der Waals surface area contributed by atoms with Crippen molar-refractivity contribution in [2.45, 2.75) is 20.0 Å². The first-order valence-electron chi connectivity index (χ1n) is 9.17. The number of carbonyl (C=O) groups is 1. The number of rotatable bonds is 4. The Kier molecular flexibility index (Phi) is 5.32. The van der Waals surface area contributed by atoms with Crippen LogP contribution in [0.2, 0.25) is 0 Å². The smallest absolute Gasteiger partial charge is 0.321 e. The Morgan fingerprint density at radius 2 is 1.71 bits per heavy atom. The Morgan fingerprint density at radius 1 is 1.03 bits per heavy atom. The third-order valence-corrected chi connectivity index (χ3v) is 5.40. The zero-order valence-electron chi connectivity index (χ0n) is 16.4. The van der Waals surface area contributed by atoms with E-state index < -0.39 is 11.9 Å². The van der Waals surface area contributed by atoms with Crippen LogP contribution in [0, 0.1) is 13.8 Å². The van der Waals surface area contributed by atoms with Gasteiger partial charge < -0.3 is 5.32 Å². The van der Waals surface area contributed by atoms with E-state index in [0.717, 1.165) is 23.2 Å². The second kappa shape index (κ2) is 7.95. The van der Waals surface area contributed by atoms with E-state index >= 15 is 0 Å². The molecule has 158 valence electrons. The summed E-state index contributed by atoms with van der Waals surface area (Å²) in [6, 6.07) is 14.6. The Morgan fingerprint density at radius 3 is 2.29 bits per heavy atom. The van der Waals surface area contributed by atoms with Crippen LogP contribution in [0.1, 0.15) is 26.6 Å². The summed E-state index contributed by atoms with van der Waals surface area (Å²) >= 11 is 0.989. The average Bonchev–Trinajstić information content (AvgIpc) is 3.36. The van der Waals surface area contributed by atoms with E-state index in [4.69, 9.17) is 0 Å². The number of aromatic nitrogens is 4. The van der Waals surface area contributed by atoms with E-state index in [1.54, 1.807) is 43.3 Å². The summed E-state index contributed by atoms with van der Waals surface area (Å²) in [7, 11) is 0. The molecule has 0 aliphatic carbocycles. The monoisotopic (exact) mass is 443 g/mol. The minimum Gasteiger partial charge on any atom is -0.321 e. The molecule has 1 amide bonds. The number of aryl methyl sites for hydroxylation is 2. The molecule has 0 aliphatic heterocycles. The molecule has 0 saturated heterocycles. The topological polar surface area (TPSA) is 72.7 Å². The molecule has 4 rings (SSSR count). The standard InChI is InChI=1S/C21H16F3N5OS/c1-12-3-5-14(6-4-12)17-11-18(21(22,23)24)27-29(17)16-9-7-15(8-10-16)25-20(30)19-13(2)26-28-31-19/h3-11H,1-2H3,(H,25,30). The summed E-state index contributed by atoms with van der Waals surface area (Å²) in [5, 5.41) is 10.3. The number of nitrogens with zero attached hydrogens (tertiary/aromatic N) is 4. The highest BCUT2D eigenvalue weighted by atomic mass is 32.1. The SMILES string of the molecule is Cc1ccc(-c2cc(C(F)(F)F)nn2-c2ccc(NC(=O)c3snnc3C)cc2)cc1. The van der Waals surface area contributed by atoms with Crippen LogP contribution in [0.3, 0.4) is 0 Å². The fourth-order valence-electron chi connectivity index (χ4n) is 2.96. The molecule has 0 bridgehead atoms. The largest absolute Gasteiger partial charge is 0.435 e. The fourth-order valence-corrected chi connectivity index (χ4v) is 3.51. The van der Waals surface area contributed by atoms with Crippen molar-refractivity contribution in [3.05, 3.63) is 76.4 Å². The first-order chi connectivity index (χ1) is 14.7. The third kappa shape index (κ3) is 4.33. The van der Waals surface area contributed by atoms with Gasteiger partial charge in [-0.2, -0.15) is 18.3 Å². The first-order valence-corrected chi connectivity index (χ1v) is 9.95. The predicted octanol–water partition coefficient (Wildman–Crippen LogP) is 5.28. The van der Waals surface area contributed by atoms with Crippen molar-refractivity contribution in [1.82, 2.24) is 19.4 Å². The summed E-state index contributed by atoms with van der Waals surface area (Å²) in [5.74, 6) is -0.348. The number of hydrogen-bond donors (Lipinski definition) is 1. The molecule has 2 aromatic carbocycles. The molecule has 0 spiro atoms. The maximum absolute atomic E-state index is 13.3. The number of hydrogen-bond acceptors (Lipinski definition) is 5. The van der Waals surface area contributed by atoms with Crippen LogP contribution in [-0.2, 0) is 6.18 Å². The van der Waals surface area contributed by atoms with E-state index in [0.29, 0.717) is 33.2 Å². The van der Waals surface area contributed by atoms with E-state index in [-0.39, 0.29) is 5.91 Å². The molecule has 0 aliphatic rings. The molecular weight excluding hydrogens is 427 g/mol. The van der Waals surface area contributed by atoms with Gasteiger partial charge in [-0.3, -0.25) is 4.79 Å². The van der Waals surface area contributed by atoms with Gasteiger partial charge in [0.05, 0.1) is 17.1 Å². The van der Waals surface area contributed by atoms with Gasteiger partial charge in [-0.05, 0) is 55.7 Å². The van der Waals surface area contributed by atoms with Crippen molar-refractivity contribution in [2.24, 2.45) is 0 Å². The second-order valence-electron chi connectivity index (χ2n) is 6.88. The van der Waals surface area contributed by atoms with E-state index in [9.17, 15) is 18.0 Å². The Labute approximate surface area is 179 Å². The van der Waals surface area contributed by atoms with E-state index in [1.165, 1.54) is 4.68 Å². The summed E-state index contributed by atoms with van der Waals surface area (Å²) in [6.07, 6.45) is -4.57. The van der Waals surface area contributed by atoms with Crippen LogP contribution in [-0.4, -0.2) is 25.3 Å². The lowest BCUT2D eigenvalue weighted by atomic mass is 10.1. The number of carbonyl (C=O) groups excluding carboxylic acids is 1. The minimum absolute atomic E-state index is 0.315. The van der Waals surface area contributed by atoms with Crippen LogP contribution in [0.15, 0.2) is 54.6 Å². The van der Waals surface area contributed by atoms with Crippen LogP contribution < -0.4 is 5.32 Å². The zero-order chi connectivity index (χ0) is 22.2. The molecule has 0 saturated carbocycles. The molecule has 2 heterocycles. The number of alkyl halides is 3. The van der Waals surface area contributed by atoms with Gasteiger partial charge in [0.1, 0.15) is 4.88 Å². The van der Waals surface area contributed by atoms with Gasteiger partial charge in [0.25, 0.3) is 5.91 Å². The zero-order valence-corrected chi connectivity index (χ0v) is 17.3. The Hall–Kier alpha value is -3.53. The van der Waals surface area contributed by atoms with Crippen molar-refractivity contribution in [1.29, 1.82) is 0 Å². The maximum Gasteiger partial charge on any atom is 0.435 e. The molecular formula is C21H16F3N5OS. The fraction of sp³-hybridized carbons (Fsp3) is 0.143. The number of nitrogens with one attached hydrogen (secondary N) is 1. The van der Waals surface area contributed by atoms with Gasteiger partial charge in [0, 0.05) is 11.3 Å². The minimum atomic E-state index is -4.57. The van der Waals surface area contributed by atoms with Gasteiger partial charge in [-0.25, -0.2) is 4.68 Å². The molecule has 0 atom stereocenters. The van der Waals surface area contributed by atoms with E-state index in [2.05, 4.69) is 20.0 Å². The molecule has 0 fully saturated rings. The molecule has 4 aromatic rings. The number of halogens is 3. The van der Waals surface area contributed by atoms with Gasteiger partial charge in [0.15, 0.2) is 5.69 Å². The van der Waals surface area contributed by atoms with Crippen molar-refractivity contribution < 1.29 is 18.0 Å². The average molecular weight is 443 g/mol. The number of amides is 1. The lowest BCUT2D eigenvalue weighted by molar-refractivity contribution is -0.141. The van der Waals surface area contributed by atoms with Gasteiger partial charge in [-0.1, -0.05) is 34.3 Å². The Bertz CT molecular complexity index is 1230. The van der Waals surface area contributed by atoms with Crippen LogP contribution in [0.4, 0.5) is 18.9 Å². The molecule has 0 radical (unpaired) electrons. The van der Waals surface area contributed by atoms with Crippen molar-refractivity contribution in [3.63, 3.8) is 0 Å². The second-order valence-corrected chi connectivity index (χ2v) is 7.63. The molecule has 31 heavy (non-hydrogen) atoms. The number of benzene rings is 2. The van der Waals surface area contributed by atoms with Crippen molar-refractivity contribution >= 4 is 23.1 Å². The predicted molar refractivity (Wildman–Crippen MR) is 111 cm³/mol. The highest BCUT2D eigenvalue weighted by Crippen LogP contribution is 2.33. The first kappa shape index (κ1) is 20.7. The normalized spacial score (nSPS) is 11.5. The quantitative estimate of drug-likeness (QED) is 0.466. The van der Waals surface area contributed by atoms with Crippen molar-refractivity contribution in [3.8, 4) is 16.9 Å². The lowest BCUT2D eigenvalue weighted by Gasteiger charge is -2.10. The lowest BCUT2D eigenvalue weighted by Crippen LogP contribution is -2.11. The van der Waals surface area contributed by atoms with Gasteiger partial charge in [0.2, 0.25) is 0 Å². The maximum atomic E-state index is 13.3. The highest BCUT2D eigenvalue weighted by molar-refractivity contribution is 7.08. The van der Waals surface area contributed by atoms with E-state index in [1.807, 2.05) is 19.1 Å². The molecule has 10 heteroatoms. The van der Waals surface area contributed by atoms with Crippen LogP contribution in [0.25, 0.3) is 16.9 Å². The van der Waals surface area contributed by atoms with Crippen LogP contribution >= 0.6 is 11.5 Å². The van der Waals surface area contributed by atoms with Gasteiger partial charge in [-0.15, -0.1) is 5.10 Å². The molecule has 1 N–H and O–H groups in total. The molecule has 2 aromatic heterocycles. The van der Waals surface area contributed by atoms with Crippen molar-refractivity contribution in [2.75, 3.05) is 5.32 Å². The number of anilines is 1. The van der Waals surface area contributed by atoms with Gasteiger partial charge >= 0.3 is 6.18 Å². The third-order valence-electron chi connectivity index (χ3n) is 4.57. The molecule has 6 nitrogen and oxygen atoms in total. The summed E-state index contributed by atoms with van der Waals surface area (Å²) < 4.78 is 44.9. The Balaban J connectivity index is 1.67. The summed E-state index contributed by atoms with van der Waals surface area (Å²) in [6.45, 7) is 3.59. The summed E-state index contributed by atoms with van der Waals surface area (Å²) in [5.41, 5.74) is 2.39. The van der Waals surface area contributed by atoms with Crippen LogP contribution in [0.5, 0.6) is 0 Å². The highest BCUT2D eigenvalue weighted by Gasteiger charge is 2.35. The summed E-state index contributed by atoms with van der Waals surface area (Å²) in [4.78, 5) is 12.7. The molecule has 0 unspecified atom stereocenters.